The summed E-state index contributed by atoms with van der Waals surface area (Å²) in [6, 6.07) is 0. The second-order valence-corrected chi connectivity index (χ2v) is 7.38. The highest BCUT2D eigenvalue weighted by Gasteiger charge is 2.29. The fourth-order valence-corrected chi connectivity index (χ4v) is 3.29. The van der Waals surface area contributed by atoms with E-state index in [1.807, 2.05) is 0 Å². The molecule has 1 atom stereocenters. The summed E-state index contributed by atoms with van der Waals surface area (Å²) < 4.78 is 5.82. The average Bonchev–Trinajstić information content (AvgIpc) is 3.01. The van der Waals surface area contributed by atoms with Gasteiger partial charge >= 0.3 is 0 Å². The molecule has 1 unspecified atom stereocenters. The Morgan fingerprint density at radius 2 is 1.96 bits per heavy atom. The maximum atomic E-state index is 5.82. The van der Waals surface area contributed by atoms with E-state index in [9.17, 15) is 0 Å². The van der Waals surface area contributed by atoms with E-state index in [-0.39, 0.29) is 5.60 Å². The van der Waals surface area contributed by atoms with E-state index in [0.717, 1.165) is 45.0 Å². The SMILES string of the molecule is CCNC(=NCC1(C)CCCO1)NCCCCN1CCN(C)CC1. The predicted octanol–water partition coefficient (Wildman–Crippen LogP) is 1.14. The minimum atomic E-state index is -0.0657. The Kier molecular flexibility index (Phi) is 8.29. The Morgan fingerprint density at radius 3 is 2.62 bits per heavy atom. The third kappa shape index (κ3) is 6.95. The molecule has 24 heavy (non-hydrogen) atoms. The lowest BCUT2D eigenvalue weighted by Gasteiger charge is -2.32. The van der Waals surface area contributed by atoms with Crippen LogP contribution in [0.4, 0.5) is 0 Å². The van der Waals surface area contributed by atoms with Crippen molar-refractivity contribution in [1.29, 1.82) is 0 Å². The molecule has 6 nitrogen and oxygen atoms in total. The summed E-state index contributed by atoms with van der Waals surface area (Å²) in [6.45, 7) is 13.8. The van der Waals surface area contributed by atoms with Crippen LogP contribution in [-0.2, 0) is 4.74 Å². The number of piperazine rings is 1. The summed E-state index contributed by atoms with van der Waals surface area (Å²) >= 11 is 0. The van der Waals surface area contributed by atoms with Gasteiger partial charge in [0.15, 0.2) is 5.96 Å². The molecule has 2 fully saturated rings. The lowest BCUT2D eigenvalue weighted by molar-refractivity contribution is 0.0283. The van der Waals surface area contributed by atoms with Crippen molar-refractivity contribution in [2.24, 2.45) is 4.99 Å². The van der Waals surface area contributed by atoms with Gasteiger partial charge in [-0.05, 0) is 53.1 Å². The van der Waals surface area contributed by atoms with E-state index in [1.165, 1.54) is 45.6 Å². The van der Waals surface area contributed by atoms with Gasteiger partial charge in [0.25, 0.3) is 0 Å². The van der Waals surface area contributed by atoms with Gasteiger partial charge in [-0.25, -0.2) is 0 Å². The molecule has 0 spiro atoms. The van der Waals surface area contributed by atoms with E-state index in [1.54, 1.807) is 0 Å². The van der Waals surface area contributed by atoms with Crippen LogP contribution in [0.5, 0.6) is 0 Å². The Balaban J connectivity index is 1.60. The average molecular weight is 340 g/mol. The van der Waals surface area contributed by atoms with Gasteiger partial charge in [-0.1, -0.05) is 0 Å². The normalized spacial score (nSPS) is 26.7. The van der Waals surface area contributed by atoms with Crippen molar-refractivity contribution in [3.05, 3.63) is 0 Å². The fourth-order valence-electron chi connectivity index (χ4n) is 3.29. The van der Waals surface area contributed by atoms with Crippen LogP contribution in [0.2, 0.25) is 0 Å². The molecule has 2 N–H and O–H groups in total. The zero-order valence-corrected chi connectivity index (χ0v) is 15.9. The number of nitrogens with zero attached hydrogens (tertiary/aromatic N) is 3. The van der Waals surface area contributed by atoms with Crippen molar-refractivity contribution in [1.82, 2.24) is 20.4 Å². The van der Waals surface area contributed by atoms with Gasteiger partial charge in [0.1, 0.15) is 0 Å². The lowest BCUT2D eigenvalue weighted by atomic mass is 10.0. The largest absolute Gasteiger partial charge is 0.373 e. The van der Waals surface area contributed by atoms with E-state index < -0.39 is 0 Å². The van der Waals surface area contributed by atoms with Crippen LogP contribution < -0.4 is 10.6 Å². The highest BCUT2D eigenvalue weighted by Crippen LogP contribution is 2.24. The van der Waals surface area contributed by atoms with Gasteiger partial charge in [-0.15, -0.1) is 0 Å². The first-order valence-corrected chi connectivity index (χ1v) is 9.68. The topological polar surface area (TPSA) is 52.1 Å². The number of aliphatic imine (C=N–C) groups is 1. The number of unbranched alkanes of at least 4 members (excludes halogenated alkanes) is 1. The van der Waals surface area contributed by atoms with Crippen LogP contribution in [0.3, 0.4) is 0 Å². The first-order chi connectivity index (χ1) is 11.6. The van der Waals surface area contributed by atoms with Crippen molar-refractivity contribution >= 4 is 5.96 Å². The number of rotatable bonds is 8. The van der Waals surface area contributed by atoms with Gasteiger partial charge in [0, 0.05) is 45.9 Å². The van der Waals surface area contributed by atoms with E-state index in [4.69, 9.17) is 9.73 Å². The highest BCUT2D eigenvalue weighted by molar-refractivity contribution is 5.79. The molecule has 2 aliphatic rings. The van der Waals surface area contributed by atoms with E-state index >= 15 is 0 Å². The minimum absolute atomic E-state index is 0.0657. The first kappa shape index (κ1) is 19.5. The Morgan fingerprint density at radius 1 is 1.17 bits per heavy atom. The quantitative estimate of drug-likeness (QED) is 0.395. The van der Waals surface area contributed by atoms with Crippen LogP contribution in [0.25, 0.3) is 0 Å². The molecule has 2 aliphatic heterocycles. The lowest BCUT2D eigenvalue weighted by Crippen LogP contribution is -2.44. The van der Waals surface area contributed by atoms with Crippen molar-refractivity contribution in [3.63, 3.8) is 0 Å². The standard InChI is InChI=1S/C18H37N5O/c1-4-19-17(21-16-18(2)8-7-15-24-18)20-9-5-6-10-23-13-11-22(3)12-14-23/h4-16H2,1-3H3,(H2,19,20,21). The number of nitrogens with one attached hydrogen (secondary N) is 2. The van der Waals surface area contributed by atoms with Gasteiger partial charge in [0.2, 0.25) is 0 Å². The summed E-state index contributed by atoms with van der Waals surface area (Å²) in [5.41, 5.74) is -0.0657. The maximum Gasteiger partial charge on any atom is 0.191 e. The molecule has 0 aromatic rings. The van der Waals surface area contributed by atoms with Crippen LogP contribution in [-0.4, -0.2) is 87.4 Å². The van der Waals surface area contributed by atoms with Crippen LogP contribution in [0.1, 0.15) is 39.5 Å². The molecular weight excluding hydrogens is 302 g/mol. The Hall–Kier alpha value is -0.850. The Labute approximate surface area is 148 Å². The zero-order chi connectivity index (χ0) is 17.3. The van der Waals surface area contributed by atoms with Gasteiger partial charge < -0.3 is 25.2 Å². The minimum Gasteiger partial charge on any atom is -0.373 e. The van der Waals surface area contributed by atoms with Crippen molar-refractivity contribution in [3.8, 4) is 0 Å². The summed E-state index contributed by atoms with van der Waals surface area (Å²) in [5, 5.41) is 6.80. The molecule has 0 aromatic carbocycles. The third-order valence-corrected chi connectivity index (χ3v) is 5.01. The smallest absolute Gasteiger partial charge is 0.191 e. The number of hydrogen-bond donors (Lipinski definition) is 2. The summed E-state index contributed by atoms with van der Waals surface area (Å²) in [4.78, 5) is 9.71. The van der Waals surface area contributed by atoms with Crippen LogP contribution in [0.15, 0.2) is 4.99 Å². The molecule has 0 saturated carbocycles. The molecule has 140 valence electrons. The summed E-state index contributed by atoms with van der Waals surface area (Å²) in [6.07, 6.45) is 4.70. The summed E-state index contributed by atoms with van der Waals surface area (Å²) in [5.74, 6) is 0.925. The van der Waals surface area contributed by atoms with E-state index in [2.05, 4.69) is 41.3 Å². The number of guanidine groups is 1. The second-order valence-electron chi connectivity index (χ2n) is 7.38. The zero-order valence-electron chi connectivity index (χ0n) is 15.9. The van der Waals surface area contributed by atoms with E-state index in [0.29, 0.717) is 0 Å². The number of likely N-dealkylation sites (N-methyl/N-ethyl adjacent to an activating group) is 1. The first-order valence-electron chi connectivity index (χ1n) is 9.68. The molecule has 0 aromatic heterocycles. The molecule has 0 amide bonds. The number of ether oxygens (including phenoxy) is 1. The molecule has 2 saturated heterocycles. The molecule has 2 heterocycles. The van der Waals surface area contributed by atoms with Gasteiger partial charge in [-0.2, -0.15) is 0 Å². The monoisotopic (exact) mass is 339 g/mol. The molecule has 0 bridgehead atoms. The number of hydrogen-bond acceptors (Lipinski definition) is 4. The second kappa shape index (κ2) is 10.2. The van der Waals surface area contributed by atoms with Crippen LogP contribution in [0, 0.1) is 0 Å². The van der Waals surface area contributed by atoms with Crippen molar-refractivity contribution in [2.75, 3.05) is 66.0 Å². The van der Waals surface area contributed by atoms with Crippen LogP contribution >= 0.6 is 0 Å². The van der Waals surface area contributed by atoms with Gasteiger partial charge in [0.05, 0.1) is 12.1 Å². The maximum absolute atomic E-state index is 5.82. The molecule has 0 aliphatic carbocycles. The summed E-state index contributed by atoms with van der Waals surface area (Å²) in [7, 11) is 2.21. The highest BCUT2D eigenvalue weighted by atomic mass is 16.5. The predicted molar refractivity (Wildman–Crippen MR) is 101 cm³/mol. The molecule has 6 heteroatoms. The van der Waals surface area contributed by atoms with Crippen molar-refractivity contribution < 1.29 is 4.74 Å². The van der Waals surface area contributed by atoms with Gasteiger partial charge in [-0.3, -0.25) is 4.99 Å². The van der Waals surface area contributed by atoms with Crippen molar-refractivity contribution in [2.45, 2.75) is 45.1 Å². The molecule has 0 radical (unpaired) electrons. The third-order valence-electron chi connectivity index (χ3n) is 5.01. The Bertz CT molecular complexity index is 374. The fraction of sp³-hybridized carbons (Fsp3) is 0.944. The molecule has 2 rings (SSSR count). The molecular formula is C18H37N5O.